The van der Waals surface area contributed by atoms with Crippen LogP contribution in [0.15, 0.2) is 36.1 Å². The molecule has 13 atom stereocenters. The van der Waals surface area contributed by atoms with Crippen molar-refractivity contribution in [2.45, 2.75) is 170 Å². The van der Waals surface area contributed by atoms with Gasteiger partial charge in [0.1, 0.15) is 42.4 Å². The van der Waals surface area contributed by atoms with Crippen LogP contribution in [0.2, 0.25) is 0 Å². The summed E-state index contributed by atoms with van der Waals surface area (Å²) in [6.07, 6.45) is 3.06. The predicted molar refractivity (Wildman–Crippen MR) is 270 cm³/mol. The number of ether oxygens (including phenoxy) is 8. The molecule has 1 unspecified atom stereocenters. The van der Waals surface area contributed by atoms with Crippen molar-refractivity contribution in [3.8, 4) is 23.0 Å². The first-order chi connectivity index (χ1) is 35.2. The molecule has 6 aliphatic rings. The third-order valence-electron chi connectivity index (χ3n) is 15.5. The standard InChI is InChI=1S/C55H74N2O18/c1-26-15-14-16-34(31(6)72-53(67)54(9,10)23-38(59)60)21-27(2)44(61)29(4)48(73-33(8)58)28(3)36(74-39-22-37-50(32(7)71-39)69-25-68-37)17-20-70-55(11)51(65)42-40-41(45(62)30(5)49(42)75-55)47(64)43(56-52(26)66)35(46(40)63)24-57-18-12-13-19-57/h14-17,20,27-29,31-32,34,36-37,39,44,48,50,61-64H,12-13,18-19,21-25H2,1-11H3,(H,56,66)(H,59,60)/b16-14+,20-17+,26-15-/t27-,28-,29-,31?,32-,34+,36+,37+,39+,44-,48-,50-,55+/m1/s1. The molecular formula is C55H74N2O18. The molecular weight excluding hydrogens is 977 g/mol. The number of aromatic hydroxyl groups is 3. The molecule has 0 saturated carbocycles. The summed E-state index contributed by atoms with van der Waals surface area (Å²) < 4.78 is 49.0. The van der Waals surface area contributed by atoms with Crippen LogP contribution in [0, 0.1) is 36.0 Å². The quantitative estimate of drug-likeness (QED) is 0.0791. The maximum absolute atomic E-state index is 14.8. The Hall–Kier alpha value is -5.77. The summed E-state index contributed by atoms with van der Waals surface area (Å²) >= 11 is 0. The monoisotopic (exact) mass is 1050 g/mol. The van der Waals surface area contributed by atoms with Gasteiger partial charge in [-0.25, -0.2) is 0 Å². The van der Waals surface area contributed by atoms with E-state index in [9.17, 15) is 49.5 Å². The van der Waals surface area contributed by atoms with Gasteiger partial charge in [-0.2, -0.15) is 0 Å². The number of aliphatic hydroxyl groups excluding tert-OH is 1. The number of carbonyl (C=O) groups is 5. The molecule has 20 heteroatoms. The molecule has 8 rings (SSSR count). The lowest BCUT2D eigenvalue weighted by molar-refractivity contribution is -0.246. The summed E-state index contributed by atoms with van der Waals surface area (Å²) in [5, 5.41) is 60.4. The number of carboxylic acid groups (broad SMARTS) is 1. The highest BCUT2D eigenvalue weighted by atomic mass is 16.7. The SMILES string of the molecule is CC(=O)O[C@H]1[C@H](C)[C@H](O)[C@H](C)C[C@@H](C(C)OC(=O)C(C)(C)CC(=O)O)/C=C/C=C(/C)C(=O)Nc2c(CN3CCCC3)c(O)c3c4c(c(C)c(O)c3c2O)O[C@](C)(O/C=C/[C@H](O[C@H]2C[C@@H]3OCO[C@@H]3[C@@H](C)O2)[C@H]1C)C4=O. The number of carbonyl (C=O) groups excluding carboxylic acids is 4. The van der Waals surface area contributed by atoms with Crippen LogP contribution >= 0.6 is 0 Å². The number of hydrogen-bond acceptors (Lipinski definition) is 18. The zero-order chi connectivity index (χ0) is 55.0. The molecule has 0 aromatic heterocycles. The largest absolute Gasteiger partial charge is 0.507 e. The lowest BCUT2D eigenvalue weighted by atomic mass is 9.78. The van der Waals surface area contributed by atoms with Gasteiger partial charge in [0, 0.05) is 66.7 Å². The maximum Gasteiger partial charge on any atom is 0.312 e. The Labute approximate surface area is 436 Å². The van der Waals surface area contributed by atoms with Gasteiger partial charge in [-0.15, -0.1) is 0 Å². The van der Waals surface area contributed by atoms with Gasteiger partial charge in [0.2, 0.25) is 0 Å². The highest BCUT2D eigenvalue weighted by Gasteiger charge is 2.50. The molecule has 412 valence electrons. The van der Waals surface area contributed by atoms with Crippen molar-refractivity contribution >= 4 is 46.1 Å². The van der Waals surface area contributed by atoms with E-state index >= 15 is 0 Å². The predicted octanol–water partition coefficient (Wildman–Crippen LogP) is 7.04. The van der Waals surface area contributed by atoms with Gasteiger partial charge in [0.15, 0.2) is 12.0 Å². The zero-order valence-corrected chi connectivity index (χ0v) is 44.7. The number of nitrogens with one attached hydrogen (secondary N) is 1. The number of benzene rings is 2. The maximum atomic E-state index is 14.8. The number of Topliss-reactive ketones (excluding diaryl/α,β-unsaturated/α-hetero) is 1. The number of aliphatic carboxylic acids is 1. The molecule has 6 heterocycles. The number of hydrogen-bond donors (Lipinski definition) is 6. The third kappa shape index (κ3) is 12.0. The van der Waals surface area contributed by atoms with Crippen LogP contribution in [0.25, 0.3) is 10.8 Å². The third-order valence-corrected chi connectivity index (χ3v) is 15.5. The summed E-state index contributed by atoms with van der Waals surface area (Å²) in [5.74, 6) is -10.7. The van der Waals surface area contributed by atoms with Gasteiger partial charge in [-0.1, -0.05) is 39.0 Å². The highest BCUT2D eigenvalue weighted by molar-refractivity contribution is 6.22. The first kappa shape index (κ1) is 56.9. The molecule has 6 aliphatic heterocycles. The van der Waals surface area contributed by atoms with Gasteiger partial charge in [-0.05, 0) is 85.9 Å². The number of phenolic OH excluding ortho intramolecular Hbond substituents is 3. The van der Waals surface area contributed by atoms with Crippen LogP contribution in [0.5, 0.6) is 23.0 Å². The summed E-state index contributed by atoms with van der Waals surface area (Å²) in [7, 11) is 0. The second kappa shape index (κ2) is 22.8. The Kier molecular flexibility index (Phi) is 17.3. The Morgan fingerprint density at radius 1 is 0.960 bits per heavy atom. The molecule has 0 aliphatic carbocycles. The molecule has 3 fully saturated rings. The van der Waals surface area contributed by atoms with Crippen molar-refractivity contribution in [2.24, 2.45) is 29.1 Å². The van der Waals surface area contributed by atoms with Crippen LogP contribution < -0.4 is 10.1 Å². The van der Waals surface area contributed by atoms with Crippen LogP contribution in [0.3, 0.4) is 0 Å². The topological polar surface area (TPSA) is 276 Å². The molecule has 20 nitrogen and oxygen atoms in total. The number of nitrogens with zero attached hydrogens (tertiary/aromatic N) is 1. The van der Waals surface area contributed by atoms with E-state index in [1.165, 1.54) is 60.0 Å². The molecule has 2 aromatic rings. The van der Waals surface area contributed by atoms with E-state index in [-0.39, 0.29) is 82.9 Å². The van der Waals surface area contributed by atoms with E-state index in [0.717, 1.165) is 12.8 Å². The van der Waals surface area contributed by atoms with Crippen LogP contribution in [0.4, 0.5) is 5.69 Å². The average molecular weight is 1050 g/mol. The van der Waals surface area contributed by atoms with Crippen molar-refractivity contribution in [3.63, 3.8) is 0 Å². The van der Waals surface area contributed by atoms with Gasteiger partial charge in [-0.3, -0.25) is 28.9 Å². The molecule has 1 amide bonds. The van der Waals surface area contributed by atoms with Gasteiger partial charge in [0.05, 0.1) is 59.2 Å². The van der Waals surface area contributed by atoms with E-state index in [1.807, 2.05) is 11.8 Å². The fraction of sp³-hybridized carbons (Fsp3) is 0.618. The van der Waals surface area contributed by atoms with Crippen molar-refractivity contribution in [1.82, 2.24) is 4.90 Å². The number of esters is 2. The van der Waals surface area contributed by atoms with E-state index in [1.54, 1.807) is 39.8 Å². The summed E-state index contributed by atoms with van der Waals surface area (Å²) in [6.45, 7) is 18.7. The molecule has 0 radical (unpaired) electrons. The van der Waals surface area contributed by atoms with Crippen molar-refractivity contribution in [3.05, 3.63) is 52.8 Å². The second-order valence-corrected chi connectivity index (χ2v) is 21.8. The first-order valence-corrected chi connectivity index (χ1v) is 25.8. The molecule has 2 aromatic carbocycles. The number of likely N-dealkylation sites (tertiary alicyclic amines) is 1. The van der Waals surface area contributed by atoms with Crippen molar-refractivity contribution < 1.29 is 87.4 Å². The minimum Gasteiger partial charge on any atom is -0.507 e. The number of phenols is 3. The summed E-state index contributed by atoms with van der Waals surface area (Å²) in [6, 6.07) is 0. The fourth-order valence-electron chi connectivity index (χ4n) is 10.9. The Morgan fingerprint density at radius 2 is 1.65 bits per heavy atom. The minimum atomic E-state index is -2.12. The first-order valence-electron chi connectivity index (χ1n) is 25.8. The lowest BCUT2D eigenvalue weighted by Crippen LogP contribution is -2.49. The normalized spacial score (nSPS) is 32.9. The smallest absolute Gasteiger partial charge is 0.312 e. The summed E-state index contributed by atoms with van der Waals surface area (Å²) in [4.78, 5) is 69.2. The number of rotatable bonds is 10. The van der Waals surface area contributed by atoms with E-state index in [4.69, 9.17) is 37.9 Å². The van der Waals surface area contributed by atoms with Crippen molar-refractivity contribution in [1.29, 1.82) is 0 Å². The molecule has 75 heavy (non-hydrogen) atoms. The number of allylic oxidation sites excluding steroid dienone is 2. The zero-order valence-electron chi connectivity index (χ0n) is 44.7. The number of amides is 1. The van der Waals surface area contributed by atoms with Gasteiger partial charge < -0.3 is 68.7 Å². The Morgan fingerprint density at radius 3 is 2.32 bits per heavy atom. The number of carboxylic acids is 1. The van der Waals surface area contributed by atoms with Gasteiger partial charge >= 0.3 is 23.7 Å². The fourth-order valence-corrected chi connectivity index (χ4v) is 10.9. The van der Waals surface area contributed by atoms with Crippen LogP contribution in [0.1, 0.15) is 123 Å². The molecule has 0 spiro atoms. The molecule has 3 saturated heterocycles. The minimum absolute atomic E-state index is 0.0360. The number of fused-ring (bicyclic) bond motifs is 15. The summed E-state index contributed by atoms with van der Waals surface area (Å²) in [5.41, 5.74) is -1.50. The molecule has 6 N–H and O–H groups in total. The average Bonchev–Trinajstić information content (AvgIpc) is 4.10. The second-order valence-electron chi connectivity index (χ2n) is 21.8. The Balaban J connectivity index is 1.36. The number of ketones is 1. The van der Waals surface area contributed by atoms with E-state index < -0.39 is 125 Å². The molecule has 5 bridgehead atoms. The lowest BCUT2D eigenvalue weighted by Gasteiger charge is -2.40. The highest BCUT2D eigenvalue weighted by Crippen LogP contribution is 2.55. The van der Waals surface area contributed by atoms with Crippen LogP contribution in [-0.4, -0.2) is 135 Å². The number of anilines is 1. The Bertz CT molecular complexity index is 2620. The van der Waals surface area contributed by atoms with Gasteiger partial charge in [0.25, 0.3) is 11.7 Å². The van der Waals surface area contributed by atoms with Crippen molar-refractivity contribution in [2.75, 3.05) is 25.2 Å². The number of aliphatic hydroxyl groups is 1. The van der Waals surface area contributed by atoms with E-state index in [0.29, 0.717) is 13.1 Å². The van der Waals surface area contributed by atoms with E-state index in [2.05, 4.69) is 5.32 Å². The van der Waals surface area contributed by atoms with Crippen LogP contribution in [-0.2, 0) is 58.9 Å².